The molecule has 1 aliphatic carbocycles. The minimum absolute atomic E-state index is 0.000556. The summed E-state index contributed by atoms with van der Waals surface area (Å²) in [5.41, 5.74) is 18.1. The lowest BCUT2D eigenvalue weighted by Crippen LogP contribution is -2.59. The third kappa shape index (κ3) is 4.84. The Balaban J connectivity index is 1.13. The highest BCUT2D eigenvalue weighted by atomic mass is 16.5. The molecular formula is C51H37BN2O. The van der Waals surface area contributed by atoms with Gasteiger partial charge in [-0.25, -0.2) is 0 Å². The van der Waals surface area contributed by atoms with E-state index < -0.39 is 0 Å². The van der Waals surface area contributed by atoms with Gasteiger partial charge in [-0.3, -0.25) is 0 Å². The van der Waals surface area contributed by atoms with Crippen LogP contribution in [0.1, 0.15) is 25.0 Å². The van der Waals surface area contributed by atoms with Gasteiger partial charge in [0.15, 0.2) is 0 Å². The summed E-state index contributed by atoms with van der Waals surface area (Å²) in [6, 6.07) is 68.1. The van der Waals surface area contributed by atoms with Gasteiger partial charge in [-0.05, 0) is 123 Å². The Kier molecular flexibility index (Phi) is 6.99. The van der Waals surface area contributed by atoms with E-state index in [2.05, 4.69) is 212 Å². The number of rotatable bonds is 5. The number of hydrogen-bond donors (Lipinski definition) is 0. The molecule has 0 aromatic heterocycles. The molecule has 3 nitrogen and oxygen atoms in total. The van der Waals surface area contributed by atoms with Crippen molar-refractivity contribution in [2.75, 3.05) is 9.80 Å². The molecule has 0 fully saturated rings. The Morgan fingerprint density at radius 3 is 1.84 bits per heavy atom. The Bertz CT molecular complexity index is 2730. The summed E-state index contributed by atoms with van der Waals surface area (Å²) >= 11 is 0. The van der Waals surface area contributed by atoms with Crippen LogP contribution in [0, 0.1) is 0 Å². The highest BCUT2D eigenvalue weighted by molar-refractivity contribution is 6.99. The fraction of sp³-hybridized carbons (Fsp3) is 0.0588. The first-order valence-corrected chi connectivity index (χ1v) is 19.1. The molecule has 0 N–H and O–H groups in total. The molecular weight excluding hydrogens is 667 g/mol. The maximum Gasteiger partial charge on any atom is 0.256 e. The summed E-state index contributed by atoms with van der Waals surface area (Å²) in [4.78, 5) is 4.81. The molecule has 2 aliphatic heterocycles. The van der Waals surface area contributed by atoms with Gasteiger partial charge in [-0.15, -0.1) is 0 Å². The lowest BCUT2D eigenvalue weighted by Gasteiger charge is -2.40. The largest absolute Gasteiger partial charge is 0.458 e. The molecule has 0 spiro atoms. The lowest BCUT2D eigenvalue weighted by molar-refractivity contribution is 0.487. The highest BCUT2D eigenvalue weighted by Crippen LogP contribution is 2.53. The van der Waals surface area contributed by atoms with Gasteiger partial charge in [0.1, 0.15) is 11.5 Å². The van der Waals surface area contributed by atoms with Crippen LogP contribution in [-0.2, 0) is 5.41 Å². The van der Waals surface area contributed by atoms with E-state index in [1.807, 2.05) is 0 Å². The minimum Gasteiger partial charge on any atom is -0.458 e. The zero-order chi connectivity index (χ0) is 36.7. The zero-order valence-electron chi connectivity index (χ0n) is 30.8. The fourth-order valence-corrected chi connectivity index (χ4v) is 9.31. The standard InChI is InChI=1S/C51H37BN2O/c1-51(2)42-31-39(53(36-18-9-4-10-19-36)37-20-11-5-12-21-37)27-28-40(42)41-32-47-44(33-43(41)51)52-45-30-35(34-16-7-3-8-17-34)26-29-48(45)55-49-25-15-24-46(50(49)52)54(47)38-22-13-6-14-23-38/h3-33H,1-2H3. The average Bonchev–Trinajstić information content (AvgIpc) is 3.46. The van der Waals surface area contributed by atoms with Crippen LogP contribution in [-0.4, -0.2) is 6.71 Å². The van der Waals surface area contributed by atoms with Crippen molar-refractivity contribution >= 4 is 57.2 Å². The number of benzene rings is 8. The van der Waals surface area contributed by atoms with E-state index in [1.54, 1.807) is 0 Å². The second-order valence-electron chi connectivity index (χ2n) is 15.3. The van der Waals surface area contributed by atoms with Crippen LogP contribution in [0.3, 0.4) is 0 Å². The molecule has 55 heavy (non-hydrogen) atoms. The van der Waals surface area contributed by atoms with Crippen molar-refractivity contribution in [2.24, 2.45) is 0 Å². The normalized spacial score (nSPS) is 13.9. The van der Waals surface area contributed by atoms with Crippen molar-refractivity contribution in [1.29, 1.82) is 0 Å². The van der Waals surface area contributed by atoms with Crippen molar-refractivity contribution in [1.82, 2.24) is 0 Å². The van der Waals surface area contributed by atoms with E-state index in [-0.39, 0.29) is 12.1 Å². The Morgan fingerprint density at radius 2 is 1.13 bits per heavy atom. The highest BCUT2D eigenvalue weighted by Gasteiger charge is 2.45. The molecule has 3 aliphatic rings. The van der Waals surface area contributed by atoms with Crippen LogP contribution >= 0.6 is 0 Å². The Hall–Kier alpha value is -6.78. The van der Waals surface area contributed by atoms with Crippen molar-refractivity contribution in [3.8, 4) is 33.8 Å². The molecule has 2 heterocycles. The molecule has 0 atom stereocenters. The summed E-state index contributed by atoms with van der Waals surface area (Å²) in [6.45, 7) is 4.79. The third-order valence-electron chi connectivity index (χ3n) is 11.9. The van der Waals surface area contributed by atoms with E-state index in [0.29, 0.717) is 0 Å². The van der Waals surface area contributed by atoms with Crippen LogP contribution in [0.25, 0.3) is 22.3 Å². The molecule has 8 aromatic carbocycles. The first kappa shape index (κ1) is 31.7. The summed E-state index contributed by atoms with van der Waals surface area (Å²) in [6.07, 6.45) is 0. The molecule has 0 radical (unpaired) electrons. The van der Waals surface area contributed by atoms with Gasteiger partial charge in [-0.1, -0.05) is 129 Å². The van der Waals surface area contributed by atoms with Gasteiger partial charge in [0.05, 0.1) is 0 Å². The topological polar surface area (TPSA) is 15.7 Å². The molecule has 0 saturated heterocycles. The molecule has 4 heteroatoms. The number of fused-ring (bicyclic) bond motifs is 7. The van der Waals surface area contributed by atoms with Crippen LogP contribution in [0.15, 0.2) is 188 Å². The van der Waals surface area contributed by atoms with Crippen LogP contribution in [0.4, 0.5) is 34.1 Å². The summed E-state index contributed by atoms with van der Waals surface area (Å²) in [7, 11) is 0. The van der Waals surface area contributed by atoms with Crippen LogP contribution in [0.2, 0.25) is 0 Å². The Morgan fingerprint density at radius 1 is 0.473 bits per heavy atom. The lowest BCUT2D eigenvalue weighted by atomic mass is 9.34. The third-order valence-corrected chi connectivity index (χ3v) is 11.9. The van der Waals surface area contributed by atoms with E-state index in [0.717, 1.165) is 39.9 Å². The molecule has 8 aromatic rings. The quantitative estimate of drug-likeness (QED) is 0.166. The summed E-state index contributed by atoms with van der Waals surface area (Å²) in [5, 5.41) is 0. The average molecular weight is 705 g/mol. The summed E-state index contributed by atoms with van der Waals surface area (Å²) in [5.74, 6) is 1.84. The SMILES string of the molecule is CC1(C)c2cc(N(c3ccccc3)c3ccccc3)ccc2-c2cc3c(cc21)B1c2cc(-c4ccccc4)ccc2Oc2cccc(c21)N3c1ccccc1. The number of nitrogens with zero attached hydrogens (tertiary/aromatic N) is 2. The van der Waals surface area contributed by atoms with E-state index in [9.17, 15) is 0 Å². The molecule has 0 unspecified atom stereocenters. The number of anilines is 6. The number of ether oxygens (including phenoxy) is 1. The van der Waals surface area contributed by atoms with E-state index in [4.69, 9.17) is 4.74 Å². The molecule has 11 rings (SSSR count). The second kappa shape index (κ2) is 12.1. The number of para-hydroxylation sites is 3. The van der Waals surface area contributed by atoms with Gasteiger partial charge in [-0.2, -0.15) is 0 Å². The minimum atomic E-state index is -0.244. The smallest absolute Gasteiger partial charge is 0.256 e. The van der Waals surface area contributed by atoms with Crippen molar-refractivity contribution in [2.45, 2.75) is 19.3 Å². The summed E-state index contributed by atoms with van der Waals surface area (Å²) < 4.78 is 6.78. The maximum absolute atomic E-state index is 6.78. The van der Waals surface area contributed by atoms with Crippen LogP contribution < -0.4 is 30.9 Å². The fourth-order valence-electron chi connectivity index (χ4n) is 9.31. The second-order valence-corrected chi connectivity index (χ2v) is 15.3. The monoisotopic (exact) mass is 704 g/mol. The van der Waals surface area contributed by atoms with E-state index >= 15 is 0 Å². The van der Waals surface area contributed by atoms with Gasteiger partial charge >= 0.3 is 0 Å². The van der Waals surface area contributed by atoms with E-state index in [1.165, 1.54) is 55.5 Å². The van der Waals surface area contributed by atoms with Crippen molar-refractivity contribution in [3.63, 3.8) is 0 Å². The zero-order valence-corrected chi connectivity index (χ0v) is 30.8. The van der Waals surface area contributed by atoms with Crippen molar-refractivity contribution < 1.29 is 4.74 Å². The molecule has 0 bridgehead atoms. The van der Waals surface area contributed by atoms with Gasteiger partial charge in [0.2, 0.25) is 0 Å². The Labute approximate surface area is 322 Å². The molecule has 260 valence electrons. The van der Waals surface area contributed by atoms with Gasteiger partial charge in [0, 0.05) is 39.5 Å². The van der Waals surface area contributed by atoms with Crippen LogP contribution in [0.5, 0.6) is 11.5 Å². The maximum atomic E-state index is 6.78. The first-order chi connectivity index (χ1) is 27.0. The van der Waals surface area contributed by atoms with Gasteiger partial charge < -0.3 is 14.5 Å². The predicted molar refractivity (Wildman–Crippen MR) is 230 cm³/mol. The molecule has 0 amide bonds. The number of hydrogen-bond acceptors (Lipinski definition) is 3. The van der Waals surface area contributed by atoms with Crippen molar-refractivity contribution in [3.05, 3.63) is 199 Å². The molecule has 0 saturated carbocycles. The predicted octanol–water partition coefficient (Wildman–Crippen LogP) is 11.5. The van der Waals surface area contributed by atoms with Gasteiger partial charge in [0.25, 0.3) is 6.71 Å². The first-order valence-electron chi connectivity index (χ1n) is 19.1.